The summed E-state index contributed by atoms with van der Waals surface area (Å²) in [6.45, 7) is 2.00. The topological polar surface area (TPSA) is 156 Å². The lowest BCUT2D eigenvalue weighted by Crippen LogP contribution is -2.38. The highest BCUT2D eigenvalue weighted by molar-refractivity contribution is 6.04. The highest BCUT2D eigenvalue weighted by Crippen LogP contribution is 2.16. The Morgan fingerprint density at radius 3 is 2.41 bits per heavy atom. The number of imidazole rings is 1. The zero-order chi connectivity index (χ0) is 24.7. The Hall–Kier alpha value is -3.67. The SMILES string of the molecule is Cn1cc(NC(=O)CCN)cc1C(=O)Nc1cn(C)c(C(=O)NCCC(=O)N2CCCCC2)n1. The van der Waals surface area contributed by atoms with Crippen molar-refractivity contribution in [1.82, 2.24) is 24.3 Å². The second-order valence-corrected chi connectivity index (χ2v) is 8.27. The minimum absolute atomic E-state index is 0.0361. The van der Waals surface area contributed by atoms with E-state index < -0.39 is 11.8 Å². The molecule has 2 aromatic rings. The van der Waals surface area contributed by atoms with Crippen molar-refractivity contribution in [3.8, 4) is 0 Å². The molecule has 12 nitrogen and oxygen atoms in total. The third-order valence-corrected chi connectivity index (χ3v) is 5.55. The molecule has 0 atom stereocenters. The molecular formula is C22H32N8O4. The van der Waals surface area contributed by atoms with E-state index in [4.69, 9.17) is 5.73 Å². The predicted octanol–water partition coefficient (Wildman–Crippen LogP) is 0.431. The largest absolute Gasteiger partial charge is 0.349 e. The van der Waals surface area contributed by atoms with Crippen LogP contribution in [0.2, 0.25) is 0 Å². The molecule has 1 saturated heterocycles. The molecule has 0 bridgehead atoms. The number of nitrogens with two attached hydrogens (primary N) is 1. The number of aromatic nitrogens is 3. The van der Waals surface area contributed by atoms with Gasteiger partial charge >= 0.3 is 0 Å². The van der Waals surface area contributed by atoms with Crippen LogP contribution in [0.15, 0.2) is 18.5 Å². The van der Waals surface area contributed by atoms with Gasteiger partial charge in [-0.2, -0.15) is 0 Å². The first kappa shape index (κ1) is 25.0. The van der Waals surface area contributed by atoms with Gasteiger partial charge in [0.05, 0.1) is 5.69 Å². The Bertz CT molecular complexity index is 1050. The van der Waals surface area contributed by atoms with E-state index in [1.807, 2.05) is 4.90 Å². The molecule has 3 heterocycles. The molecule has 0 aromatic carbocycles. The number of nitrogens with one attached hydrogen (secondary N) is 3. The fourth-order valence-electron chi connectivity index (χ4n) is 3.79. The smallest absolute Gasteiger partial charge is 0.287 e. The lowest BCUT2D eigenvalue weighted by Gasteiger charge is -2.26. The Labute approximate surface area is 197 Å². The maximum atomic E-state index is 12.7. The molecule has 0 saturated carbocycles. The molecular weight excluding hydrogens is 440 g/mol. The van der Waals surface area contributed by atoms with Gasteiger partial charge in [0.25, 0.3) is 11.8 Å². The van der Waals surface area contributed by atoms with Gasteiger partial charge in [0.2, 0.25) is 17.6 Å². The number of anilines is 2. The van der Waals surface area contributed by atoms with Crippen molar-refractivity contribution in [2.45, 2.75) is 32.1 Å². The van der Waals surface area contributed by atoms with Crippen molar-refractivity contribution in [2.24, 2.45) is 19.8 Å². The van der Waals surface area contributed by atoms with E-state index in [9.17, 15) is 19.2 Å². The van der Waals surface area contributed by atoms with Gasteiger partial charge in [-0.25, -0.2) is 4.98 Å². The second-order valence-electron chi connectivity index (χ2n) is 8.27. The minimum Gasteiger partial charge on any atom is -0.349 e. The van der Waals surface area contributed by atoms with Gasteiger partial charge in [0, 0.05) is 65.5 Å². The number of piperidine rings is 1. The first-order valence-electron chi connectivity index (χ1n) is 11.4. The van der Waals surface area contributed by atoms with Gasteiger partial charge < -0.3 is 35.7 Å². The van der Waals surface area contributed by atoms with E-state index in [1.165, 1.54) is 10.8 Å². The van der Waals surface area contributed by atoms with Crippen LogP contribution in [0.5, 0.6) is 0 Å². The summed E-state index contributed by atoms with van der Waals surface area (Å²) in [4.78, 5) is 55.2. The van der Waals surface area contributed by atoms with Crippen LogP contribution in [0.4, 0.5) is 11.5 Å². The van der Waals surface area contributed by atoms with Crippen molar-refractivity contribution in [1.29, 1.82) is 0 Å². The number of likely N-dealkylation sites (tertiary alicyclic amines) is 1. The van der Waals surface area contributed by atoms with Gasteiger partial charge in [-0.15, -0.1) is 0 Å². The van der Waals surface area contributed by atoms with E-state index in [2.05, 4.69) is 20.9 Å². The maximum Gasteiger partial charge on any atom is 0.287 e. The lowest BCUT2D eigenvalue weighted by molar-refractivity contribution is -0.131. The standard InChI is InChI=1S/C22H32N8O4/c1-28-13-15(25-18(31)6-8-23)12-16(28)21(33)27-17-14-29(2)20(26-17)22(34)24-9-7-19(32)30-10-4-3-5-11-30/h12-14H,3-11,23H2,1-2H3,(H,24,34)(H,25,31)(H,27,33). The zero-order valence-corrected chi connectivity index (χ0v) is 19.6. The third-order valence-electron chi connectivity index (χ3n) is 5.55. The van der Waals surface area contributed by atoms with Crippen LogP contribution in [0.3, 0.4) is 0 Å². The first-order valence-corrected chi connectivity index (χ1v) is 11.4. The number of carbonyl (C=O) groups is 4. The molecule has 3 rings (SSSR count). The van der Waals surface area contributed by atoms with Crippen molar-refractivity contribution >= 4 is 35.1 Å². The zero-order valence-electron chi connectivity index (χ0n) is 19.6. The van der Waals surface area contributed by atoms with Crippen molar-refractivity contribution in [3.05, 3.63) is 30.0 Å². The van der Waals surface area contributed by atoms with Crippen LogP contribution in [0, 0.1) is 0 Å². The van der Waals surface area contributed by atoms with Gasteiger partial charge in [0.1, 0.15) is 5.69 Å². The molecule has 2 aromatic heterocycles. The molecule has 0 unspecified atom stereocenters. The quantitative estimate of drug-likeness (QED) is 0.415. The lowest BCUT2D eigenvalue weighted by atomic mass is 10.1. The fourth-order valence-corrected chi connectivity index (χ4v) is 3.79. The fraction of sp³-hybridized carbons (Fsp3) is 0.500. The molecule has 1 aliphatic heterocycles. The number of amides is 4. The number of aryl methyl sites for hydroxylation is 2. The average Bonchev–Trinajstić information content (AvgIpc) is 3.35. The van der Waals surface area contributed by atoms with Gasteiger partial charge in [-0.05, 0) is 25.3 Å². The second kappa shape index (κ2) is 11.5. The minimum atomic E-state index is -0.445. The van der Waals surface area contributed by atoms with Crippen LogP contribution in [0.25, 0.3) is 0 Å². The monoisotopic (exact) mass is 472 g/mol. The Morgan fingerprint density at radius 2 is 1.71 bits per heavy atom. The van der Waals surface area contributed by atoms with Crippen LogP contribution >= 0.6 is 0 Å². The van der Waals surface area contributed by atoms with Crippen molar-refractivity contribution in [3.63, 3.8) is 0 Å². The molecule has 1 fully saturated rings. The summed E-state index contributed by atoms with van der Waals surface area (Å²) >= 11 is 0. The summed E-state index contributed by atoms with van der Waals surface area (Å²) in [6.07, 6.45) is 6.75. The number of carbonyl (C=O) groups excluding carboxylic acids is 4. The molecule has 4 amide bonds. The Kier molecular flexibility index (Phi) is 8.41. The normalized spacial score (nSPS) is 13.4. The summed E-state index contributed by atoms with van der Waals surface area (Å²) in [5, 5.41) is 8.05. The molecule has 0 radical (unpaired) electrons. The van der Waals surface area contributed by atoms with E-state index in [0.717, 1.165) is 32.4 Å². The van der Waals surface area contributed by atoms with E-state index in [1.54, 1.807) is 30.9 Å². The number of hydrogen-bond acceptors (Lipinski definition) is 6. The Morgan fingerprint density at radius 1 is 0.971 bits per heavy atom. The van der Waals surface area contributed by atoms with E-state index >= 15 is 0 Å². The Balaban J connectivity index is 1.54. The summed E-state index contributed by atoms with van der Waals surface area (Å²) in [5.41, 5.74) is 6.15. The maximum absolute atomic E-state index is 12.7. The molecule has 34 heavy (non-hydrogen) atoms. The first-order chi connectivity index (χ1) is 16.3. The molecule has 1 aliphatic rings. The van der Waals surface area contributed by atoms with Crippen LogP contribution in [0.1, 0.15) is 53.2 Å². The summed E-state index contributed by atoms with van der Waals surface area (Å²) in [6, 6.07) is 1.54. The van der Waals surface area contributed by atoms with Crippen molar-refractivity contribution in [2.75, 3.05) is 36.8 Å². The van der Waals surface area contributed by atoms with Gasteiger partial charge in [-0.1, -0.05) is 0 Å². The van der Waals surface area contributed by atoms with E-state index in [-0.39, 0.29) is 49.4 Å². The summed E-state index contributed by atoms with van der Waals surface area (Å²) < 4.78 is 3.07. The number of rotatable bonds is 9. The summed E-state index contributed by atoms with van der Waals surface area (Å²) in [5.74, 6) is -0.761. The number of nitrogens with zero attached hydrogens (tertiary/aromatic N) is 4. The third kappa shape index (κ3) is 6.44. The van der Waals surface area contributed by atoms with Crippen LogP contribution < -0.4 is 21.7 Å². The predicted molar refractivity (Wildman–Crippen MR) is 126 cm³/mol. The van der Waals surface area contributed by atoms with Crippen LogP contribution in [-0.4, -0.2) is 68.8 Å². The summed E-state index contributed by atoms with van der Waals surface area (Å²) in [7, 11) is 3.32. The molecule has 0 spiro atoms. The number of hydrogen-bond donors (Lipinski definition) is 4. The molecule has 5 N–H and O–H groups in total. The van der Waals surface area contributed by atoms with E-state index in [0.29, 0.717) is 11.4 Å². The van der Waals surface area contributed by atoms with Crippen molar-refractivity contribution < 1.29 is 19.2 Å². The van der Waals surface area contributed by atoms with Crippen LogP contribution in [-0.2, 0) is 23.7 Å². The van der Waals surface area contributed by atoms with Gasteiger partial charge in [-0.3, -0.25) is 19.2 Å². The molecule has 184 valence electrons. The van der Waals surface area contributed by atoms with Gasteiger partial charge in [0.15, 0.2) is 5.82 Å². The molecule has 0 aliphatic carbocycles. The average molecular weight is 473 g/mol. The molecule has 12 heteroatoms. The highest BCUT2D eigenvalue weighted by atomic mass is 16.2. The highest BCUT2D eigenvalue weighted by Gasteiger charge is 2.19.